The highest BCUT2D eigenvalue weighted by atomic mass is 15.2. The summed E-state index contributed by atoms with van der Waals surface area (Å²) >= 11 is 0. The number of hydrogen-bond acceptors (Lipinski definition) is 2. The zero-order chi connectivity index (χ0) is 14.4. The van der Waals surface area contributed by atoms with Crippen molar-refractivity contribution in [3.05, 3.63) is 48.0 Å². The van der Waals surface area contributed by atoms with Crippen LogP contribution in [-0.4, -0.2) is 14.8 Å². The van der Waals surface area contributed by atoms with Gasteiger partial charge in [0.25, 0.3) is 0 Å². The molecule has 0 spiro atoms. The molecule has 0 aliphatic rings. The molecule has 3 heteroatoms. The second-order valence-electron chi connectivity index (χ2n) is 3.22. The van der Waals surface area contributed by atoms with Gasteiger partial charge in [-0.25, -0.2) is 0 Å². The third-order valence-corrected chi connectivity index (χ3v) is 1.68. The van der Waals surface area contributed by atoms with Crippen LogP contribution in [0.25, 0.3) is 0 Å². The molecule has 0 fully saturated rings. The molecule has 0 unspecified atom stereocenters. The first-order chi connectivity index (χ1) is 8.68. The van der Waals surface area contributed by atoms with E-state index in [1.807, 2.05) is 73.1 Å². The first-order valence-electron chi connectivity index (χ1n) is 6.50. The Kier molecular flexibility index (Phi) is 14.0. The molecule has 0 aromatic carbocycles. The molecule has 0 aliphatic heterocycles. The van der Waals surface area contributed by atoms with Gasteiger partial charge in [-0.1, -0.05) is 27.7 Å². The average molecular weight is 249 g/mol. The maximum atomic E-state index is 3.93. The van der Waals surface area contributed by atoms with Crippen LogP contribution >= 0.6 is 0 Å². The Morgan fingerprint density at radius 2 is 1.39 bits per heavy atom. The maximum absolute atomic E-state index is 3.93. The molecule has 0 aliphatic carbocycles. The Bertz CT molecular complexity index is 350. The van der Waals surface area contributed by atoms with Crippen LogP contribution in [0.3, 0.4) is 0 Å². The molecule has 0 saturated heterocycles. The summed E-state index contributed by atoms with van der Waals surface area (Å²) in [4.78, 5) is 3.85. The number of aryl methyl sites for hydroxylation is 3. The number of hydrogen-bond donors (Lipinski definition) is 0. The third kappa shape index (κ3) is 10.9. The summed E-state index contributed by atoms with van der Waals surface area (Å²) in [5.74, 6) is 0. The van der Waals surface area contributed by atoms with E-state index in [1.54, 1.807) is 17.1 Å². The highest BCUT2D eigenvalue weighted by Gasteiger charge is 1.81. The summed E-state index contributed by atoms with van der Waals surface area (Å²) in [5, 5.41) is 3.93. The molecule has 2 rings (SSSR count). The molecule has 0 bridgehead atoms. The Labute approximate surface area is 112 Å². The van der Waals surface area contributed by atoms with Gasteiger partial charge in [-0.15, -0.1) is 0 Å². The second-order valence-corrected chi connectivity index (χ2v) is 3.22. The highest BCUT2D eigenvalue weighted by molar-refractivity contribution is 5.05. The summed E-state index contributed by atoms with van der Waals surface area (Å²) in [5.41, 5.74) is 2.47. The predicted octanol–water partition coefficient (Wildman–Crippen LogP) is 4.17. The van der Waals surface area contributed by atoms with Gasteiger partial charge >= 0.3 is 0 Å². The minimum Gasteiger partial charge on any atom is -0.276 e. The second kappa shape index (κ2) is 13.4. The number of pyridine rings is 1. The fraction of sp³-hybridized carbons (Fsp3) is 0.467. The Morgan fingerprint density at radius 3 is 1.56 bits per heavy atom. The van der Waals surface area contributed by atoms with Gasteiger partial charge in [0.1, 0.15) is 0 Å². The minimum absolute atomic E-state index is 1.21. The topological polar surface area (TPSA) is 30.7 Å². The standard InChI is InChI=1S/C6H7N.C5H8N2.2C2H6/c1-6-2-4-7-5-3-6;1-5-3-6-7(2)4-5;2*1-2/h2-5H,1H3;3-4H,1-2H3;2*1-2H3. The van der Waals surface area contributed by atoms with Crippen LogP contribution in [0.2, 0.25) is 0 Å². The largest absolute Gasteiger partial charge is 0.276 e. The van der Waals surface area contributed by atoms with E-state index in [2.05, 4.69) is 10.1 Å². The molecular formula is C15H27N3. The van der Waals surface area contributed by atoms with Crippen molar-refractivity contribution in [2.75, 3.05) is 0 Å². The molecule has 0 radical (unpaired) electrons. The molecule has 0 saturated carbocycles. The van der Waals surface area contributed by atoms with E-state index in [-0.39, 0.29) is 0 Å². The first kappa shape index (κ1) is 18.7. The molecule has 18 heavy (non-hydrogen) atoms. The van der Waals surface area contributed by atoms with Crippen LogP contribution in [0.1, 0.15) is 38.8 Å². The van der Waals surface area contributed by atoms with Gasteiger partial charge in [0.2, 0.25) is 0 Å². The summed E-state index contributed by atoms with van der Waals surface area (Å²) in [6.07, 6.45) is 7.38. The highest BCUT2D eigenvalue weighted by Crippen LogP contribution is 1.89. The van der Waals surface area contributed by atoms with E-state index in [1.165, 1.54) is 11.1 Å². The third-order valence-electron chi connectivity index (χ3n) is 1.68. The number of nitrogens with zero attached hydrogens (tertiary/aromatic N) is 3. The molecule has 0 atom stereocenters. The normalized spacial score (nSPS) is 7.72. The van der Waals surface area contributed by atoms with E-state index >= 15 is 0 Å². The van der Waals surface area contributed by atoms with Crippen molar-refractivity contribution in [1.82, 2.24) is 14.8 Å². The molecule has 0 N–H and O–H groups in total. The summed E-state index contributed by atoms with van der Waals surface area (Å²) < 4.78 is 1.79. The van der Waals surface area contributed by atoms with Crippen molar-refractivity contribution < 1.29 is 0 Å². The molecule has 2 aromatic rings. The Balaban J connectivity index is 0. The number of rotatable bonds is 0. The number of aromatic nitrogens is 3. The van der Waals surface area contributed by atoms with Crippen LogP contribution in [0.4, 0.5) is 0 Å². The van der Waals surface area contributed by atoms with E-state index in [0.29, 0.717) is 0 Å². The van der Waals surface area contributed by atoms with Crippen LogP contribution in [0.15, 0.2) is 36.9 Å². The van der Waals surface area contributed by atoms with E-state index in [9.17, 15) is 0 Å². The molecule has 3 nitrogen and oxygen atoms in total. The van der Waals surface area contributed by atoms with E-state index in [0.717, 1.165) is 0 Å². The summed E-state index contributed by atoms with van der Waals surface area (Å²) in [6.45, 7) is 12.1. The molecule has 2 heterocycles. The minimum atomic E-state index is 1.21. The molecular weight excluding hydrogens is 222 g/mol. The van der Waals surface area contributed by atoms with Gasteiger partial charge < -0.3 is 0 Å². The van der Waals surface area contributed by atoms with Crippen molar-refractivity contribution in [3.8, 4) is 0 Å². The van der Waals surface area contributed by atoms with Gasteiger partial charge in [-0.3, -0.25) is 9.67 Å². The lowest BCUT2D eigenvalue weighted by atomic mass is 10.3. The smallest absolute Gasteiger partial charge is 0.0518 e. The van der Waals surface area contributed by atoms with Gasteiger partial charge in [-0.2, -0.15) is 5.10 Å². The van der Waals surface area contributed by atoms with Crippen molar-refractivity contribution in [3.63, 3.8) is 0 Å². The van der Waals surface area contributed by atoms with Crippen molar-refractivity contribution in [2.24, 2.45) is 7.05 Å². The van der Waals surface area contributed by atoms with E-state index < -0.39 is 0 Å². The fourth-order valence-electron chi connectivity index (χ4n) is 0.970. The quantitative estimate of drug-likeness (QED) is 0.701. The van der Waals surface area contributed by atoms with Crippen LogP contribution in [0.5, 0.6) is 0 Å². The maximum Gasteiger partial charge on any atom is 0.0518 e. The molecule has 2 aromatic heterocycles. The first-order valence-corrected chi connectivity index (χ1v) is 6.50. The Hall–Kier alpha value is -1.64. The van der Waals surface area contributed by atoms with Crippen molar-refractivity contribution >= 4 is 0 Å². The van der Waals surface area contributed by atoms with Crippen molar-refractivity contribution in [1.29, 1.82) is 0 Å². The van der Waals surface area contributed by atoms with Crippen LogP contribution < -0.4 is 0 Å². The SMILES string of the molecule is CC.CC.Cc1ccncc1.Cc1cnn(C)c1. The zero-order valence-corrected chi connectivity index (χ0v) is 12.8. The zero-order valence-electron chi connectivity index (χ0n) is 12.8. The Morgan fingerprint density at radius 1 is 0.889 bits per heavy atom. The lowest BCUT2D eigenvalue weighted by Gasteiger charge is -1.82. The average Bonchev–Trinajstić information content (AvgIpc) is 2.80. The van der Waals surface area contributed by atoms with Crippen molar-refractivity contribution in [2.45, 2.75) is 41.5 Å². The summed E-state index contributed by atoms with van der Waals surface area (Å²) in [7, 11) is 1.91. The predicted molar refractivity (Wildman–Crippen MR) is 79.6 cm³/mol. The van der Waals surface area contributed by atoms with Gasteiger partial charge in [-0.05, 0) is 37.1 Å². The van der Waals surface area contributed by atoms with E-state index in [4.69, 9.17) is 0 Å². The van der Waals surface area contributed by atoms with Gasteiger partial charge in [0, 0.05) is 25.6 Å². The van der Waals surface area contributed by atoms with Crippen LogP contribution in [0, 0.1) is 13.8 Å². The summed E-state index contributed by atoms with van der Waals surface area (Å²) in [6, 6.07) is 3.94. The molecule has 102 valence electrons. The molecule has 0 amide bonds. The van der Waals surface area contributed by atoms with Gasteiger partial charge in [0.15, 0.2) is 0 Å². The van der Waals surface area contributed by atoms with Gasteiger partial charge in [0.05, 0.1) is 6.20 Å². The lowest BCUT2D eigenvalue weighted by molar-refractivity contribution is 0.767. The monoisotopic (exact) mass is 249 g/mol. The fourth-order valence-corrected chi connectivity index (χ4v) is 0.970. The van der Waals surface area contributed by atoms with Crippen LogP contribution in [-0.2, 0) is 7.05 Å². The lowest BCUT2D eigenvalue weighted by Crippen LogP contribution is -1.83.